The first-order chi connectivity index (χ1) is 28.3. The van der Waals surface area contributed by atoms with Gasteiger partial charge in [0.2, 0.25) is 5.95 Å². The minimum Gasteiger partial charge on any atom is -0.307 e. The van der Waals surface area contributed by atoms with E-state index in [2.05, 4.69) is 161 Å². The highest BCUT2D eigenvalue weighted by molar-refractivity contribution is 7.25. The highest BCUT2D eigenvalue weighted by Gasteiger charge is 2.29. The van der Waals surface area contributed by atoms with Gasteiger partial charge in [-0.25, -0.2) is 4.98 Å². The van der Waals surface area contributed by atoms with E-state index in [1.807, 2.05) is 11.3 Å². The van der Waals surface area contributed by atoms with Gasteiger partial charge in [0.15, 0.2) is 11.6 Å². The van der Waals surface area contributed by atoms with Crippen LogP contribution in [0, 0.1) is 0 Å². The van der Waals surface area contributed by atoms with E-state index in [-0.39, 0.29) is 0 Å². The summed E-state index contributed by atoms with van der Waals surface area (Å²) in [5, 5.41) is 17.5. The highest BCUT2D eigenvalue weighted by atomic mass is 32.1. The van der Waals surface area contributed by atoms with Crippen molar-refractivity contribution in [1.29, 1.82) is 0 Å². The van der Waals surface area contributed by atoms with Crippen molar-refractivity contribution in [3.05, 3.63) is 152 Å². The van der Waals surface area contributed by atoms with E-state index in [1.54, 1.807) is 0 Å². The lowest BCUT2D eigenvalue weighted by Crippen LogP contribution is -2.06. The second-order valence-corrected chi connectivity index (χ2v) is 16.6. The molecular formula is C51H25N5S. The zero-order chi connectivity index (χ0) is 36.7. The number of nitrogens with zero attached hydrogens (tertiary/aromatic N) is 5. The number of aromatic nitrogens is 5. The standard InChI is InChI=1S/C51H25N5S/c1-2-8-29-25-30(18-15-26(29)7-1)49-52-50(36-12-6-14-40-43(36)35-9-3-4-13-39(35)57-40)54-51(53-49)55-37-23-20-27-16-17-28-19-21-33-31-10-5-11-32-34-22-24-38(55)45-44(37)41(27)42(28)47(33)56(46(31)32)48(34)45/h1-25H. The highest BCUT2D eigenvalue weighted by Crippen LogP contribution is 2.51. The maximum Gasteiger partial charge on any atom is 0.238 e. The molecule has 0 spiro atoms. The molecule has 0 aliphatic heterocycles. The van der Waals surface area contributed by atoms with E-state index < -0.39 is 0 Å². The van der Waals surface area contributed by atoms with E-state index in [9.17, 15) is 0 Å². The van der Waals surface area contributed by atoms with Crippen LogP contribution in [0.1, 0.15) is 0 Å². The van der Waals surface area contributed by atoms with Crippen molar-refractivity contribution in [3.63, 3.8) is 0 Å². The van der Waals surface area contributed by atoms with E-state index in [1.165, 1.54) is 96.0 Å². The zero-order valence-corrected chi connectivity index (χ0v) is 30.9. The van der Waals surface area contributed by atoms with Gasteiger partial charge in [-0.1, -0.05) is 121 Å². The fourth-order valence-electron chi connectivity index (χ4n) is 10.5. The third-order valence-electron chi connectivity index (χ3n) is 12.8. The number of thiophene rings is 1. The fourth-order valence-corrected chi connectivity index (χ4v) is 11.6. The lowest BCUT2D eigenvalue weighted by Gasteiger charge is -2.13. The second-order valence-electron chi connectivity index (χ2n) is 15.5. The van der Waals surface area contributed by atoms with Crippen LogP contribution in [0.3, 0.4) is 0 Å². The van der Waals surface area contributed by atoms with Gasteiger partial charge in [0.1, 0.15) is 0 Å². The van der Waals surface area contributed by atoms with Crippen LogP contribution >= 0.6 is 11.3 Å². The average molecular weight is 740 g/mol. The number of hydrogen-bond acceptors (Lipinski definition) is 4. The van der Waals surface area contributed by atoms with Gasteiger partial charge >= 0.3 is 0 Å². The van der Waals surface area contributed by atoms with E-state index >= 15 is 0 Å². The normalized spacial score (nSPS) is 12.9. The lowest BCUT2D eigenvalue weighted by molar-refractivity contribution is 0.955. The predicted molar refractivity (Wildman–Crippen MR) is 239 cm³/mol. The molecule has 6 heterocycles. The van der Waals surface area contributed by atoms with Crippen molar-refractivity contribution in [1.82, 2.24) is 23.9 Å². The summed E-state index contributed by atoms with van der Waals surface area (Å²) in [4.78, 5) is 16.3. The summed E-state index contributed by atoms with van der Waals surface area (Å²) in [6.07, 6.45) is 0. The summed E-state index contributed by atoms with van der Waals surface area (Å²) in [6.45, 7) is 0. The van der Waals surface area contributed by atoms with Crippen LogP contribution in [0.25, 0.3) is 141 Å². The van der Waals surface area contributed by atoms with Crippen LogP contribution in [-0.2, 0) is 0 Å². The molecule has 0 bridgehead atoms. The molecule has 6 aromatic heterocycles. The predicted octanol–water partition coefficient (Wildman–Crippen LogP) is 13.6. The molecule has 0 unspecified atom stereocenters. The zero-order valence-electron chi connectivity index (χ0n) is 30.1. The van der Waals surface area contributed by atoms with Crippen molar-refractivity contribution >= 4 is 124 Å². The molecule has 0 radical (unpaired) electrons. The van der Waals surface area contributed by atoms with Crippen LogP contribution in [-0.4, -0.2) is 23.9 Å². The Bertz CT molecular complexity index is 4170. The molecule has 0 atom stereocenters. The monoisotopic (exact) mass is 739 g/mol. The first-order valence-electron chi connectivity index (χ1n) is 19.4. The number of para-hydroxylation sites is 1. The largest absolute Gasteiger partial charge is 0.307 e. The summed E-state index contributed by atoms with van der Waals surface area (Å²) in [5.41, 5.74) is 8.00. The van der Waals surface area contributed by atoms with Gasteiger partial charge in [-0.05, 0) is 51.9 Å². The molecule has 0 aliphatic rings. The quantitative estimate of drug-likeness (QED) is 0.170. The first kappa shape index (κ1) is 29.0. The number of benzene rings is 9. The van der Waals surface area contributed by atoms with E-state index in [0.717, 1.165) is 27.5 Å². The Morgan fingerprint density at radius 3 is 1.93 bits per heavy atom. The molecule has 5 nitrogen and oxygen atoms in total. The molecule has 9 aromatic carbocycles. The van der Waals surface area contributed by atoms with Crippen molar-refractivity contribution in [2.75, 3.05) is 0 Å². The molecule has 6 heteroatoms. The van der Waals surface area contributed by atoms with Crippen molar-refractivity contribution < 1.29 is 0 Å². The van der Waals surface area contributed by atoms with Gasteiger partial charge in [0.25, 0.3) is 0 Å². The summed E-state index contributed by atoms with van der Waals surface area (Å²) < 4.78 is 7.35. The molecule has 57 heavy (non-hydrogen) atoms. The second kappa shape index (κ2) is 9.87. The van der Waals surface area contributed by atoms with E-state index in [0.29, 0.717) is 17.6 Å². The molecule has 0 fully saturated rings. The number of rotatable bonds is 3. The molecule has 15 aromatic rings. The molecular weight excluding hydrogens is 715 g/mol. The van der Waals surface area contributed by atoms with Gasteiger partial charge in [-0.2, -0.15) is 9.97 Å². The van der Waals surface area contributed by atoms with Crippen LogP contribution in [0.2, 0.25) is 0 Å². The Balaban J connectivity index is 1.13. The molecule has 0 saturated carbocycles. The topological polar surface area (TPSA) is 48.0 Å². The smallest absolute Gasteiger partial charge is 0.238 e. The third kappa shape index (κ3) is 3.42. The Morgan fingerprint density at radius 1 is 0.386 bits per heavy atom. The maximum atomic E-state index is 5.49. The molecule has 0 amide bonds. The third-order valence-corrected chi connectivity index (χ3v) is 13.9. The van der Waals surface area contributed by atoms with Crippen molar-refractivity contribution in [3.8, 4) is 28.7 Å². The number of fused-ring (bicyclic) bond motifs is 6. The summed E-state index contributed by atoms with van der Waals surface area (Å²) in [6, 6.07) is 55.3. The summed E-state index contributed by atoms with van der Waals surface area (Å²) in [5.74, 6) is 1.92. The van der Waals surface area contributed by atoms with Gasteiger partial charge < -0.3 is 4.40 Å². The van der Waals surface area contributed by atoms with E-state index in [4.69, 9.17) is 15.0 Å². The molecule has 15 rings (SSSR count). The summed E-state index contributed by atoms with van der Waals surface area (Å²) >= 11 is 1.81. The maximum absolute atomic E-state index is 5.49. The van der Waals surface area contributed by atoms with Crippen molar-refractivity contribution in [2.45, 2.75) is 0 Å². The number of hydrogen-bond donors (Lipinski definition) is 0. The molecule has 260 valence electrons. The van der Waals surface area contributed by atoms with Gasteiger partial charge in [0.05, 0.1) is 27.6 Å². The average Bonchev–Trinajstić information content (AvgIpc) is 3.99. The Labute approximate surface area is 326 Å². The first-order valence-corrected chi connectivity index (χ1v) is 20.2. The van der Waals surface area contributed by atoms with Crippen LogP contribution < -0.4 is 0 Å². The molecule has 0 aliphatic carbocycles. The van der Waals surface area contributed by atoms with Gasteiger partial charge in [-0.15, -0.1) is 11.3 Å². The van der Waals surface area contributed by atoms with Gasteiger partial charge in [-0.3, -0.25) is 4.57 Å². The van der Waals surface area contributed by atoms with Crippen LogP contribution in [0.15, 0.2) is 152 Å². The van der Waals surface area contributed by atoms with Crippen LogP contribution in [0.5, 0.6) is 0 Å². The Morgan fingerprint density at radius 2 is 1.02 bits per heavy atom. The minimum absolute atomic E-state index is 0.610. The molecule has 0 N–H and O–H groups in total. The Kier molecular flexibility index (Phi) is 5.01. The van der Waals surface area contributed by atoms with Crippen LogP contribution in [0.4, 0.5) is 0 Å². The summed E-state index contributed by atoms with van der Waals surface area (Å²) in [7, 11) is 0. The SMILES string of the molecule is c1ccc2cc(-c3nc(-c4cccc5sc6ccccc6c45)nc(-n4c5ccc6ccc7ccc8c9cccc%10c%11ccc4c4c5c6c7c8n(c9%10)c%114)n3)ccc2c1. The van der Waals surface area contributed by atoms with Crippen molar-refractivity contribution in [2.24, 2.45) is 0 Å². The Hall–Kier alpha value is -7.41. The molecule has 0 saturated heterocycles. The minimum atomic E-state index is 0.610. The van der Waals surface area contributed by atoms with Gasteiger partial charge in [0, 0.05) is 74.4 Å². The lowest BCUT2D eigenvalue weighted by atomic mass is 9.96. The fraction of sp³-hybridized carbons (Fsp3) is 0.